The second-order valence-corrected chi connectivity index (χ2v) is 13.5. The quantitative estimate of drug-likeness (QED) is 0.122. The summed E-state index contributed by atoms with van der Waals surface area (Å²) in [6, 6.07) is 32.0. The molecular formula is C37H38N3O2S2+. The SMILES string of the molecule is COc1cccc(OC)c1-c1ccc2c(c1)sc(C=C1C=C(SC(C)N(C)C)N(Cc3ccccc3)c3ccccc31)[n+]2C. The summed E-state index contributed by atoms with van der Waals surface area (Å²) >= 11 is 3.69. The van der Waals surface area contributed by atoms with Crippen LogP contribution in [-0.4, -0.2) is 38.6 Å². The van der Waals surface area contributed by atoms with E-state index in [-0.39, 0.29) is 0 Å². The fraction of sp³-hybridized carbons (Fsp3) is 0.216. The van der Waals surface area contributed by atoms with E-state index < -0.39 is 0 Å². The number of ether oxygens (including phenoxy) is 2. The lowest BCUT2D eigenvalue weighted by atomic mass is 9.99. The summed E-state index contributed by atoms with van der Waals surface area (Å²) in [5.74, 6) is 1.60. The second-order valence-electron chi connectivity index (χ2n) is 11.1. The summed E-state index contributed by atoms with van der Waals surface area (Å²) in [6.45, 7) is 3.08. The minimum Gasteiger partial charge on any atom is -0.496 e. The minimum atomic E-state index is 0.317. The molecule has 1 aliphatic rings. The van der Waals surface area contributed by atoms with Crippen molar-refractivity contribution in [3.63, 3.8) is 0 Å². The standard InChI is InChI=1S/C37H38N3O2S2/c1-25(38(2)3)43-36-23-28(29-15-10-11-16-30(29)40(36)24-26-13-8-7-9-14-26)22-35-39(4)31-20-19-27(21-34(31)44-35)37-32(41-5)17-12-18-33(37)42-6/h7-23,25H,24H2,1-6H3/q+1. The number of rotatable bonds is 9. The van der Waals surface area contributed by atoms with Crippen molar-refractivity contribution in [3.05, 3.63) is 118 Å². The van der Waals surface area contributed by atoms with Gasteiger partial charge in [-0.1, -0.05) is 77.7 Å². The van der Waals surface area contributed by atoms with Crippen molar-refractivity contribution < 1.29 is 14.0 Å². The molecule has 0 N–H and O–H groups in total. The highest BCUT2D eigenvalue weighted by molar-refractivity contribution is 8.03. The molecule has 1 unspecified atom stereocenters. The zero-order valence-electron chi connectivity index (χ0n) is 26.1. The molecule has 1 aromatic heterocycles. The zero-order chi connectivity index (χ0) is 30.8. The summed E-state index contributed by atoms with van der Waals surface area (Å²) < 4.78 is 14.9. The summed E-state index contributed by atoms with van der Waals surface area (Å²) in [6.07, 6.45) is 4.71. The van der Waals surface area contributed by atoms with Gasteiger partial charge in [0.1, 0.15) is 23.2 Å². The van der Waals surface area contributed by atoms with Crippen molar-refractivity contribution in [2.75, 3.05) is 33.2 Å². The smallest absolute Gasteiger partial charge is 0.263 e. The number of nitrogens with zero attached hydrogens (tertiary/aromatic N) is 3. The number of hydrogen-bond donors (Lipinski definition) is 0. The van der Waals surface area contributed by atoms with Gasteiger partial charge in [0.15, 0.2) is 0 Å². The number of benzene rings is 4. The van der Waals surface area contributed by atoms with Gasteiger partial charge in [0.25, 0.3) is 5.01 Å². The predicted molar refractivity (Wildman–Crippen MR) is 187 cm³/mol. The van der Waals surface area contributed by atoms with E-state index in [0.29, 0.717) is 5.37 Å². The summed E-state index contributed by atoms with van der Waals surface area (Å²) in [4.78, 5) is 4.72. The van der Waals surface area contributed by atoms with E-state index in [9.17, 15) is 0 Å². The van der Waals surface area contributed by atoms with Gasteiger partial charge in [0, 0.05) is 29.9 Å². The molecule has 0 spiro atoms. The fourth-order valence-electron chi connectivity index (χ4n) is 5.51. The molecule has 224 valence electrons. The average Bonchev–Trinajstić information content (AvgIpc) is 3.36. The maximum Gasteiger partial charge on any atom is 0.263 e. The molecule has 0 aliphatic carbocycles. The van der Waals surface area contributed by atoms with Crippen molar-refractivity contribution >= 4 is 50.7 Å². The van der Waals surface area contributed by atoms with Crippen LogP contribution in [0.4, 0.5) is 5.69 Å². The first-order valence-electron chi connectivity index (χ1n) is 14.7. The molecule has 0 fully saturated rings. The molecule has 5 nitrogen and oxygen atoms in total. The molecule has 0 amide bonds. The Hall–Kier alpha value is -4.04. The fourth-order valence-corrected chi connectivity index (χ4v) is 7.70. The molecule has 7 heteroatoms. The molecule has 0 radical (unpaired) electrons. The van der Waals surface area contributed by atoms with Crippen molar-refractivity contribution in [2.45, 2.75) is 18.8 Å². The van der Waals surface area contributed by atoms with Crippen LogP contribution in [-0.2, 0) is 13.6 Å². The Kier molecular flexibility index (Phi) is 8.80. The maximum absolute atomic E-state index is 5.71. The third-order valence-electron chi connectivity index (χ3n) is 8.11. The molecule has 1 aliphatic heterocycles. The topological polar surface area (TPSA) is 28.8 Å². The van der Waals surface area contributed by atoms with Crippen LogP contribution >= 0.6 is 23.1 Å². The summed E-state index contributed by atoms with van der Waals surface area (Å²) in [5.41, 5.74) is 8.20. The largest absolute Gasteiger partial charge is 0.496 e. The number of hydrogen-bond acceptors (Lipinski definition) is 6. The van der Waals surface area contributed by atoms with E-state index in [1.54, 1.807) is 25.6 Å². The van der Waals surface area contributed by atoms with Crippen LogP contribution in [0.15, 0.2) is 102 Å². The van der Waals surface area contributed by atoms with Crippen molar-refractivity contribution in [3.8, 4) is 22.6 Å². The van der Waals surface area contributed by atoms with Crippen LogP contribution in [0.3, 0.4) is 0 Å². The second kappa shape index (κ2) is 12.9. The molecule has 4 aromatic carbocycles. The third kappa shape index (κ3) is 5.87. The lowest BCUT2D eigenvalue weighted by molar-refractivity contribution is -0.642. The highest BCUT2D eigenvalue weighted by Crippen LogP contribution is 2.44. The number of anilines is 1. The molecule has 2 heterocycles. The van der Waals surface area contributed by atoms with Gasteiger partial charge >= 0.3 is 0 Å². The van der Waals surface area contributed by atoms with E-state index in [0.717, 1.165) is 29.2 Å². The average molecular weight is 621 g/mol. The Morgan fingerprint density at radius 3 is 2.32 bits per heavy atom. The molecule has 6 rings (SSSR count). The third-order valence-corrected chi connectivity index (χ3v) is 10.6. The Morgan fingerprint density at radius 1 is 0.909 bits per heavy atom. The highest BCUT2D eigenvalue weighted by Gasteiger charge is 2.27. The lowest BCUT2D eigenvalue weighted by Crippen LogP contribution is -2.30. The monoisotopic (exact) mass is 620 g/mol. The first kappa shape index (κ1) is 30.0. The van der Waals surface area contributed by atoms with Gasteiger partial charge in [-0.2, -0.15) is 4.57 Å². The lowest BCUT2D eigenvalue weighted by Gasteiger charge is -2.35. The predicted octanol–water partition coefficient (Wildman–Crippen LogP) is 8.45. The van der Waals surface area contributed by atoms with Crippen molar-refractivity contribution in [1.29, 1.82) is 0 Å². The van der Waals surface area contributed by atoms with Crippen LogP contribution in [0.1, 0.15) is 23.1 Å². The Morgan fingerprint density at radius 2 is 1.61 bits per heavy atom. The van der Waals surface area contributed by atoms with Crippen LogP contribution in [0.5, 0.6) is 11.5 Å². The van der Waals surface area contributed by atoms with Gasteiger partial charge in [-0.3, -0.25) is 4.90 Å². The van der Waals surface area contributed by atoms with Crippen LogP contribution < -0.4 is 18.9 Å². The molecule has 44 heavy (non-hydrogen) atoms. The molecular weight excluding hydrogens is 583 g/mol. The van der Waals surface area contributed by atoms with E-state index in [1.807, 2.05) is 30.0 Å². The maximum atomic E-state index is 5.71. The van der Waals surface area contributed by atoms with Gasteiger partial charge in [-0.15, -0.1) is 0 Å². The Balaban J connectivity index is 1.46. The van der Waals surface area contributed by atoms with E-state index in [2.05, 4.69) is 127 Å². The molecule has 0 saturated carbocycles. The highest BCUT2D eigenvalue weighted by atomic mass is 32.2. The van der Waals surface area contributed by atoms with E-state index >= 15 is 0 Å². The van der Waals surface area contributed by atoms with Gasteiger partial charge in [-0.25, -0.2) is 0 Å². The van der Waals surface area contributed by atoms with Gasteiger partial charge in [0.2, 0.25) is 5.52 Å². The number of para-hydroxylation sites is 1. The molecule has 0 saturated heterocycles. The molecule has 5 aromatic rings. The van der Waals surface area contributed by atoms with Gasteiger partial charge in [0.05, 0.1) is 30.2 Å². The van der Waals surface area contributed by atoms with Crippen molar-refractivity contribution in [1.82, 2.24) is 4.90 Å². The first-order chi connectivity index (χ1) is 21.4. The zero-order valence-corrected chi connectivity index (χ0v) is 27.7. The Labute approximate surface area is 268 Å². The van der Waals surface area contributed by atoms with Crippen LogP contribution in [0.25, 0.3) is 33.0 Å². The summed E-state index contributed by atoms with van der Waals surface area (Å²) in [5, 5.41) is 2.75. The molecule has 1 atom stereocenters. The van der Waals surface area contributed by atoms with Gasteiger partial charge in [-0.05, 0) is 74.1 Å². The van der Waals surface area contributed by atoms with Gasteiger partial charge < -0.3 is 14.4 Å². The van der Waals surface area contributed by atoms with E-state index in [4.69, 9.17) is 9.47 Å². The number of methoxy groups -OCH3 is 2. The number of thiazole rings is 1. The van der Waals surface area contributed by atoms with Crippen LogP contribution in [0.2, 0.25) is 0 Å². The Bertz CT molecular complexity index is 1840. The summed E-state index contributed by atoms with van der Waals surface area (Å²) in [7, 11) is 9.83. The first-order valence-corrected chi connectivity index (χ1v) is 16.4. The number of allylic oxidation sites excluding steroid dienone is 2. The van der Waals surface area contributed by atoms with Crippen LogP contribution in [0, 0.1) is 0 Å². The minimum absolute atomic E-state index is 0.317. The molecule has 0 bridgehead atoms. The normalized spacial score (nSPS) is 14.6. The van der Waals surface area contributed by atoms with E-state index in [1.165, 1.54) is 42.6 Å². The van der Waals surface area contributed by atoms with Crippen molar-refractivity contribution in [2.24, 2.45) is 7.05 Å². The number of aromatic nitrogens is 1. The number of aryl methyl sites for hydroxylation is 1. The number of fused-ring (bicyclic) bond motifs is 2. The number of thioether (sulfide) groups is 1.